The summed E-state index contributed by atoms with van der Waals surface area (Å²) >= 11 is 0. The molecule has 0 aliphatic heterocycles. The molecule has 22 heavy (non-hydrogen) atoms. The van der Waals surface area contributed by atoms with Crippen molar-refractivity contribution in [2.75, 3.05) is 5.43 Å². The molecule has 0 saturated heterocycles. The third-order valence-electron chi connectivity index (χ3n) is 2.64. The minimum atomic E-state index is -4.64. The molecule has 2 N–H and O–H groups in total. The highest BCUT2D eigenvalue weighted by Gasteiger charge is 2.33. The molecule has 112 valence electrons. The average Bonchev–Trinajstić information content (AvgIpc) is 2.52. The Morgan fingerprint density at radius 1 is 1.14 bits per heavy atom. The summed E-state index contributed by atoms with van der Waals surface area (Å²) < 4.78 is 37.8. The quantitative estimate of drug-likeness (QED) is 0.855. The van der Waals surface area contributed by atoms with Gasteiger partial charge in [-0.05, 0) is 24.3 Å². The standard InChI is InChI=1S/C14H9F3N4O/c15-14(16,17)11-7-6-10(8-18)12(19-11)20-21-13(22)9-4-2-1-3-5-9/h1-7H,(H,19,20)(H,21,22). The summed E-state index contributed by atoms with van der Waals surface area (Å²) in [6, 6.07) is 11.4. The molecule has 8 heteroatoms. The van der Waals surface area contributed by atoms with Crippen LogP contribution >= 0.6 is 0 Å². The second kappa shape index (κ2) is 6.13. The second-order valence-electron chi connectivity index (χ2n) is 4.15. The van der Waals surface area contributed by atoms with Gasteiger partial charge in [-0.15, -0.1) is 0 Å². The first-order valence-corrected chi connectivity index (χ1v) is 6.01. The summed E-state index contributed by atoms with van der Waals surface area (Å²) in [7, 11) is 0. The van der Waals surface area contributed by atoms with Crippen LogP contribution in [0.1, 0.15) is 21.6 Å². The number of benzene rings is 1. The summed E-state index contributed by atoms with van der Waals surface area (Å²) in [4.78, 5) is 15.1. The van der Waals surface area contributed by atoms with Crippen LogP contribution in [-0.2, 0) is 6.18 Å². The number of aromatic nitrogens is 1. The molecule has 1 aromatic carbocycles. The van der Waals surface area contributed by atoms with Crippen molar-refractivity contribution in [2.45, 2.75) is 6.18 Å². The summed E-state index contributed by atoms with van der Waals surface area (Å²) in [6.07, 6.45) is -4.64. The lowest BCUT2D eigenvalue weighted by molar-refractivity contribution is -0.141. The molecule has 0 spiro atoms. The number of halogens is 3. The minimum Gasteiger partial charge on any atom is -0.280 e. The smallest absolute Gasteiger partial charge is 0.280 e. The van der Waals surface area contributed by atoms with Crippen LogP contribution in [0.4, 0.5) is 19.0 Å². The first-order chi connectivity index (χ1) is 10.4. The van der Waals surface area contributed by atoms with Crippen molar-refractivity contribution in [2.24, 2.45) is 0 Å². The number of carbonyl (C=O) groups excluding carboxylic acids is 1. The number of anilines is 1. The Labute approximate surface area is 123 Å². The van der Waals surface area contributed by atoms with Crippen molar-refractivity contribution in [3.63, 3.8) is 0 Å². The molecule has 0 unspecified atom stereocenters. The molecular formula is C14H9F3N4O. The molecule has 0 aliphatic rings. The zero-order valence-electron chi connectivity index (χ0n) is 11.0. The summed E-state index contributed by atoms with van der Waals surface area (Å²) in [6.45, 7) is 0. The van der Waals surface area contributed by atoms with Crippen molar-refractivity contribution < 1.29 is 18.0 Å². The van der Waals surface area contributed by atoms with Crippen LogP contribution in [-0.4, -0.2) is 10.9 Å². The molecule has 0 radical (unpaired) electrons. The molecule has 0 bridgehead atoms. The molecule has 0 saturated carbocycles. The summed E-state index contributed by atoms with van der Waals surface area (Å²) in [5.41, 5.74) is 3.46. The van der Waals surface area contributed by atoms with Gasteiger partial charge < -0.3 is 0 Å². The van der Waals surface area contributed by atoms with Gasteiger partial charge in [0.05, 0.1) is 5.56 Å². The number of nitrogens with zero attached hydrogens (tertiary/aromatic N) is 2. The van der Waals surface area contributed by atoms with Crippen molar-refractivity contribution in [3.8, 4) is 6.07 Å². The highest BCUT2D eigenvalue weighted by atomic mass is 19.4. The lowest BCUT2D eigenvalue weighted by atomic mass is 10.2. The van der Waals surface area contributed by atoms with Gasteiger partial charge in [0.15, 0.2) is 5.82 Å². The minimum absolute atomic E-state index is 0.124. The van der Waals surface area contributed by atoms with Crippen LogP contribution in [0.3, 0.4) is 0 Å². The molecule has 0 fully saturated rings. The van der Waals surface area contributed by atoms with Crippen molar-refractivity contribution in [1.29, 1.82) is 5.26 Å². The van der Waals surface area contributed by atoms with E-state index in [1.807, 2.05) is 0 Å². The maximum Gasteiger partial charge on any atom is 0.433 e. The Morgan fingerprint density at radius 3 is 2.41 bits per heavy atom. The first kappa shape index (κ1) is 15.3. The van der Waals surface area contributed by atoms with Gasteiger partial charge in [-0.25, -0.2) is 4.98 Å². The van der Waals surface area contributed by atoms with Gasteiger partial charge in [0.2, 0.25) is 0 Å². The topological polar surface area (TPSA) is 77.8 Å². The van der Waals surface area contributed by atoms with Crippen LogP contribution in [0, 0.1) is 11.3 Å². The van der Waals surface area contributed by atoms with E-state index in [2.05, 4.69) is 15.8 Å². The molecule has 1 heterocycles. The molecule has 0 atom stereocenters. The van der Waals surface area contributed by atoms with Gasteiger partial charge in [-0.2, -0.15) is 18.4 Å². The maximum atomic E-state index is 12.6. The largest absolute Gasteiger partial charge is 0.433 e. The third-order valence-corrected chi connectivity index (χ3v) is 2.64. The SMILES string of the molecule is N#Cc1ccc(C(F)(F)F)nc1NNC(=O)c1ccccc1. The number of hydrogen-bond donors (Lipinski definition) is 2. The number of nitriles is 1. The van der Waals surface area contributed by atoms with E-state index >= 15 is 0 Å². The Bertz CT molecular complexity index is 723. The van der Waals surface area contributed by atoms with Crippen LogP contribution in [0.2, 0.25) is 0 Å². The monoisotopic (exact) mass is 306 g/mol. The summed E-state index contributed by atoms with van der Waals surface area (Å²) in [5, 5.41) is 8.87. The van der Waals surface area contributed by atoms with E-state index in [4.69, 9.17) is 5.26 Å². The fourth-order valence-corrected chi connectivity index (χ4v) is 1.58. The van der Waals surface area contributed by atoms with Gasteiger partial charge in [0.1, 0.15) is 11.8 Å². The van der Waals surface area contributed by atoms with Crippen LogP contribution in [0.5, 0.6) is 0 Å². The molecule has 0 aliphatic carbocycles. The third kappa shape index (κ3) is 3.52. The number of alkyl halides is 3. The van der Waals surface area contributed by atoms with E-state index in [0.717, 1.165) is 6.07 Å². The first-order valence-electron chi connectivity index (χ1n) is 6.01. The Kier molecular flexibility index (Phi) is 4.27. The predicted octanol–water partition coefficient (Wildman–Crippen LogP) is 2.73. The second-order valence-corrected chi connectivity index (χ2v) is 4.15. The Hall–Kier alpha value is -3.08. The molecule has 1 amide bonds. The Morgan fingerprint density at radius 2 is 1.82 bits per heavy atom. The zero-order valence-corrected chi connectivity index (χ0v) is 11.0. The fraction of sp³-hybridized carbons (Fsp3) is 0.0714. The van der Waals surface area contributed by atoms with E-state index in [9.17, 15) is 18.0 Å². The molecule has 2 rings (SSSR count). The van der Waals surface area contributed by atoms with Crippen molar-refractivity contribution >= 4 is 11.7 Å². The average molecular weight is 306 g/mol. The van der Waals surface area contributed by atoms with Crippen molar-refractivity contribution in [1.82, 2.24) is 10.4 Å². The molecule has 1 aromatic heterocycles. The van der Waals surface area contributed by atoms with E-state index in [1.165, 1.54) is 12.1 Å². The number of rotatable bonds is 3. The highest BCUT2D eigenvalue weighted by Crippen LogP contribution is 2.29. The number of hydrazine groups is 1. The van der Waals surface area contributed by atoms with Crippen molar-refractivity contribution in [3.05, 3.63) is 59.3 Å². The number of pyridine rings is 1. The number of carbonyl (C=O) groups is 1. The molecular weight excluding hydrogens is 297 g/mol. The normalized spacial score (nSPS) is 10.6. The van der Waals surface area contributed by atoms with E-state index in [-0.39, 0.29) is 11.4 Å². The van der Waals surface area contributed by atoms with Gasteiger partial charge in [-0.1, -0.05) is 18.2 Å². The summed E-state index contributed by atoms with van der Waals surface area (Å²) in [5.74, 6) is -0.940. The van der Waals surface area contributed by atoms with E-state index < -0.39 is 17.8 Å². The lowest BCUT2D eigenvalue weighted by Crippen LogP contribution is -2.30. The fourth-order valence-electron chi connectivity index (χ4n) is 1.58. The van der Waals surface area contributed by atoms with Gasteiger partial charge >= 0.3 is 6.18 Å². The van der Waals surface area contributed by atoms with Gasteiger partial charge in [0.25, 0.3) is 5.91 Å². The lowest BCUT2D eigenvalue weighted by Gasteiger charge is -2.12. The van der Waals surface area contributed by atoms with Gasteiger partial charge in [0, 0.05) is 5.56 Å². The van der Waals surface area contributed by atoms with Crippen LogP contribution < -0.4 is 10.9 Å². The predicted molar refractivity (Wildman–Crippen MR) is 71.5 cm³/mol. The maximum absolute atomic E-state index is 12.6. The van der Waals surface area contributed by atoms with Crippen LogP contribution in [0.25, 0.3) is 0 Å². The number of hydrogen-bond acceptors (Lipinski definition) is 4. The van der Waals surface area contributed by atoms with E-state index in [0.29, 0.717) is 11.6 Å². The molecule has 5 nitrogen and oxygen atoms in total. The molecule has 2 aromatic rings. The zero-order chi connectivity index (χ0) is 16.2. The highest BCUT2D eigenvalue weighted by molar-refractivity contribution is 5.94. The Balaban J connectivity index is 2.18. The van der Waals surface area contributed by atoms with Gasteiger partial charge in [-0.3, -0.25) is 15.6 Å². The number of nitrogens with one attached hydrogen (secondary N) is 2. The van der Waals surface area contributed by atoms with E-state index in [1.54, 1.807) is 24.3 Å². The number of amides is 1. The van der Waals surface area contributed by atoms with Crippen LogP contribution in [0.15, 0.2) is 42.5 Å².